The molecule has 0 N–H and O–H groups in total. The molecule has 0 atom stereocenters. The van der Waals surface area contributed by atoms with E-state index in [9.17, 15) is 0 Å². The van der Waals surface area contributed by atoms with Crippen molar-refractivity contribution in [1.82, 2.24) is 0 Å². The summed E-state index contributed by atoms with van der Waals surface area (Å²) >= 11 is -6.11. The van der Waals surface area contributed by atoms with Gasteiger partial charge in [-0.25, -0.2) is 0 Å². The van der Waals surface area contributed by atoms with E-state index in [1.807, 2.05) is 0 Å². The van der Waals surface area contributed by atoms with Crippen LogP contribution < -0.4 is 110 Å². The topological polar surface area (TPSA) is 80.3 Å². The van der Waals surface area contributed by atoms with Crippen LogP contribution >= 0.6 is 0 Å². The molecule has 0 aliphatic rings. The van der Waals surface area contributed by atoms with Crippen molar-refractivity contribution >= 4 is 0 Å². The van der Waals surface area contributed by atoms with E-state index >= 15 is 0 Å². The van der Waals surface area contributed by atoms with Crippen molar-refractivity contribution < 1.29 is 134 Å². The molecule has 0 bridgehead atoms. The number of hydrogen-bond acceptors (Lipinski definition) is 4. The predicted molar refractivity (Wildman–Crippen MR) is 1.37 cm³/mol. The molecule has 0 heterocycles. The molecule has 0 saturated heterocycles. The Bertz CT molecular complexity index is 92.9. The second-order valence-corrected chi connectivity index (χ2v) is 3.09. The van der Waals surface area contributed by atoms with Crippen molar-refractivity contribution in [3.63, 3.8) is 0 Å². The molecule has 0 amide bonds. The van der Waals surface area contributed by atoms with E-state index in [2.05, 4.69) is 0 Å². The van der Waals surface area contributed by atoms with Crippen LogP contribution in [0.2, 0.25) is 0 Å². The first-order valence-corrected chi connectivity index (χ1v) is 5.05. The Morgan fingerprint density at radius 1 is 1.00 bits per heavy atom. The van der Waals surface area contributed by atoms with Crippen LogP contribution in [0.3, 0.4) is 0 Å². The fraction of sp³-hybridized carbons (Fsp3) is 0. The SMILES string of the molecule is [K+].[K+].[O]=[Re](=[O])([O-])[O-]. The van der Waals surface area contributed by atoms with Gasteiger partial charge in [-0.3, -0.25) is 0 Å². The zero-order valence-electron chi connectivity index (χ0n) is 4.01. The summed E-state index contributed by atoms with van der Waals surface area (Å²) < 4.78 is 34.6. The van der Waals surface area contributed by atoms with E-state index in [0.29, 0.717) is 0 Å². The van der Waals surface area contributed by atoms with Gasteiger partial charge in [0, 0.05) is 0 Å². The second kappa shape index (κ2) is 7.56. The normalized spacial score (nSPS) is 8.29. The van der Waals surface area contributed by atoms with Gasteiger partial charge in [-0.15, -0.1) is 0 Å². The van der Waals surface area contributed by atoms with Crippen molar-refractivity contribution in [3.05, 3.63) is 0 Å². The zero-order valence-corrected chi connectivity index (χ0v) is 13.0. The fourth-order valence-electron chi connectivity index (χ4n) is 0. The Hall–Kier alpha value is 3.46. The Morgan fingerprint density at radius 2 is 1.00 bits per heavy atom. The molecular weight excluding hydrogens is 328 g/mol. The second-order valence-electron chi connectivity index (χ2n) is 0.378. The molecule has 0 aromatic rings. The molecule has 0 radical (unpaired) electrons. The average Bonchev–Trinajstić information content (AvgIpc) is 0.722. The third-order valence-corrected chi connectivity index (χ3v) is 0. The molecule has 4 nitrogen and oxygen atoms in total. The first kappa shape index (κ1) is 16.8. The van der Waals surface area contributed by atoms with E-state index < -0.39 is 16.2 Å². The quantitative estimate of drug-likeness (QED) is 0.414. The standard InChI is InChI=1S/2K.4O.Re/q2*+1;;;2*-1;. The van der Waals surface area contributed by atoms with Crippen LogP contribution in [-0.2, 0) is 23.1 Å². The predicted octanol–water partition coefficient (Wildman–Crippen LogP) is -8.61. The van der Waals surface area contributed by atoms with Crippen molar-refractivity contribution in [2.24, 2.45) is 0 Å². The van der Waals surface area contributed by atoms with Crippen molar-refractivity contribution in [1.29, 1.82) is 0 Å². The number of hydrogen-bond donors (Lipinski definition) is 0. The first-order valence-electron chi connectivity index (χ1n) is 0.617. The molecule has 0 unspecified atom stereocenters. The summed E-state index contributed by atoms with van der Waals surface area (Å²) in [6, 6.07) is 0. The summed E-state index contributed by atoms with van der Waals surface area (Å²) in [7, 11) is 0. The summed E-state index contributed by atoms with van der Waals surface area (Å²) in [6.07, 6.45) is 0. The fourth-order valence-corrected chi connectivity index (χ4v) is 0. The van der Waals surface area contributed by atoms with Crippen molar-refractivity contribution in [3.8, 4) is 0 Å². The Labute approximate surface area is 129 Å². The summed E-state index contributed by atoms with van der Waals surface area (Å²) in [5, 5.41) is 0. The molecule has 0 saturated carbocycles. The third kappa shape index (κ3) is 44.0. The summed E-state index contributed by atoms with van der Waals surface area (Å²) in [5.41, 5.74) is 0. The minimum atomic E-state index is -6.11. The van der Waals surface area contributed by atoms with Gasteiger partial charge in [0.15, 0.2) is 0 Å². The minimum absolute atomic E-state index is 0. The van der Waals surface area contributed by atoms with Gasteiger partial charge in [0.2, 0.25) is 0 Å². The summed E-state index contributed by atoms with van der Waals surface area (Å²) in [5.74, 6) is 0. The van der Waals surface area contributed by atoms with Crippen LogP contribution in [0.5, 0.6) is 0 Å². The average molecular weight is 328 g/mol. The molecule has 7 heavy (non-hydrogen) atoms. The Kier molecular flexibility index (Phi) is 18.2. The first-order chi connectivity index (χ1) is 2.00. The van der Waals surface area contributed by atoms with E-state index in [1.165, 1.54) is 0 Å². The molecule has 0 spiro atoms. The Morgan fingerprint density at radius 3 is 1.00 bits per heavy atom. The van der Waals surface area contributed by atoms with Gasteiger partial charge < -0.3 is 0 Å². The molecule has 0 rings (SSSR count). The van der Waals surface area contributed by atoms with E-state index in [-0.39, 0.29) is 103 Å². The maximum absolute atomic E-state index is 8.64. The van der Waals surface area contributed by atoms with Gasteiger partial charge in [-0.2, -0.15) is 0 Å². The molecule has 33 valence electrons. The van der Waals surface area contributed by atoms with Gasteiger partial charge in [0.25, 0.3) is 0 Å². The maximum atomic E-state index is 8.64. The number of rotatable bonds is 0. The van der Waals surface area contributed by atoms with Crippen LogP contribution in [0.15, 0.2) is 0 Å². The van der Waals surface area contributed by atoms with E-state index in [0.717, 1.165) is 0 Å². The summed E-state index contributed by atoms with van der Waals surface area (Å²) in [4.78, 5) is 0. The third-order valence-electron chi connectivity index (χ3n) is 0. The molecule has 0 aromatic heterocycles. The Balaban J connectivity index is -0.0000000800. The van der Waals surface area contributed by atoms with Gasteiger partial charge >= 0.3 is 134 Å². The van der Waals surface area contributed by atoms with Crippen LogP contribution in [0.4, 0.5) is 0 Å². The molecular formula is K2O4Re. The van der Waals surface area contributed by atoms with Crippen LogP contribution in [0.1, 0.15) is 0 Å². The van der Waals surface area contributed by atoms with Crippen molar-refractivity contribution in [2.75, 3.05) is 0 Å². The zero-order chi connectivity index (χ0) is 4.50. The van der Waals surface area contributed by atoms with E-state index in [1.54, 1.807) is 0 Å². The molecule has 0 fully saturated rings. The molecule has 0 aromatic carbocycles. The van der Waals surface area contributed by atoms with E-state index in [4.69, 9.17) is 14.6 Å². The molecule has 0 aliphatic heterocycles. The van der Waals surface area contributed by atoms with Gasteiger partial charge in [-0.1, -0.05) is 0 Å². The monoisotopic (exact) mass is 329 g/mol. The van der Waals surface area contributed by atoms with Gasteiger partial charge in [-0.05, 0) is 0 Å². The van der Waals surface area contributed by atoms with Crippen LogP contribution in [-0.4, -0.2) is 0 Å². The van der Waals surface area contributed by atoms with Gasteiger partial charge in [0.05, 0.1) is 0 Å². The van der Waals surface area contributed by atoms with Gasteiger partial charge in [0.1, 0.15) is 0 Å². The molecule has 7 heteroatoms. The van der Waals surface area contributed by atoms with Crippen LogP contribution in [0, 0.1) is 0 Å². The summed E-state index contributed by atoms with van der Waals surface area (Å²) in [6.45, 7) is 0. The van der Waals surface area contributed by atoms with Crippen LogP contribution in [0.25, 0.3) is 0 Å². The van der Waals surface area contributed by atoms with Crippen molar-refractivity contribution in [2.45, 2.75) is 0 Å². The molecule has 0 aliphatic carbocycles.